The lowest BCUT2D eigenvalue weighted by molar-refractivity contribution is -0.137. The second-order valence-corrected chi connectivity index (χ2v) is 3.83. The summed E-state index contributed by atoms with van der Waals surface area (Å²) in [6.07, 6.45) is 4.77. The Bertz CT molecular complexity index is 323. The van der Waals surface area contributed by atoms with Gasteiger partial charge >= 0.3 is 5.97 Å². The Balaban J connectivity index is 1.94. The Morgan fingerprint density at radius 1 is 1.50 bits per heavy atom. The van der Waals surface area contributed by atoms with Crippen LogP contribution >= 0.6 is 0 Å². The number of aryl methyl sites for hydroxylation is 1. The van der Waals surface area contributed by atoms with E-state index in [0.717, 1.165) is 38.0 Å². The van der Waals surface area contributed by atoms with Crippen LogP contribution in [0.5, 0.6) is 0 Å². The number of carboxylic acids is 1. The molecule has 0 saturated carbocycles. The summed E-state index contributed by atoms with van der Waals surface area (Å²) in [7, 11) is 1.91. The Morgan fingerprint density at radius 3 is 2.94 bits per heavy atom. The van der Waals surface area contributed by atoms with Gasteiger partial charge in [0.15, 0.2) is 0 Å². The fraction of sp³-hybridized carbons (Fsp3) is 0.636. The van der Waals surface area contributed by atoms with Crippen LogP contribution in [0.25, 0.3) is 0 Å². The quantitative estimate of drug-likeness (QED) is 0.642. The third kappa shape index (κ3) is 5.50. The first-order chi connectivity index (χ1) is 7.68. The Kier molecular flexibility index (Phi) is 5.56. The molecule has 0 aliphatic heterocycles. The van der Waals surface area contributed by atoms with E-state index >= 15 is 0 Å². The molecule has 0 fully saturated rings. The van der Waals surface area contributed by atoms with E-state index in [1.54, 1.807) is 4.68 Å². The van der Waals surface area contributed by atoms with E-state index < -0.39 is 5.97 Å². The third-order valence-corrected chi connectivity index (χ3v) is 2.32. The van der Waals surface area contributed by atoms with Crippen LogP contribution in [0.1, 0.15) is 25.0 Å². The molecule has 5 nitrogen and oxygen atoms in total. The summed E-state index contributed by atoms with van der Waals surface area (Å²) >= 11 is 0. The van der Waals surface area contributed by atoms with E-state index in [-0.39, 0.29) is 6.42 Å². The van der Waals surface area contributed by atoms with Gasteiger partial charge in [0.2, 0.25) is 0 Å². The van der Waals surface area contributed by atoms with Gasteiger partial charge in [-0.15, -0.1) is 0 Å². The van der Waals surface area contributed by atoms with Crippen LogP contribution in [-0.2, 0) is 18.3 Å². The summed E-state index contributed by atoms with van der Waals surface area (Å²) in [5.74, 6) is -0.714. The topological polar surface area (TPSA) is 67.2 Å². The molecule has 1 aromatic rings. The summed E-state index contributed by atoms with van der Waals surface area (Å²) in [6, 6.07) is 2.01. The SMILES string of the molecule is Cn1ccc(CCNCCCCC(=O)O)n1. The number of carbonyl (C=O) groups is 1. The summed E-state index contributed by atoms with van der Waals surface area (Å²) in [5, 5.41) is 16.0. The fourth-order valence-corrected chi connectivity index (χ4v) is 1.46. The van der Waals surface area contributed by atoms with Crippen molar-refractivity contribution in [2.75, 3.05) is 13.1 Å². The van der Waals surface area contributed by atoms with E-state index in [0.29, 0.717) is 0 Å². The van der Waals surface area contributed by atoms with Crippen LogP contribution in [-0.4, -0.2) is 33.9 Å². The molecule has 5 heteroatoms. The van der Waals surface area contributed by atoms with Crippen LogP contribution in [0.2, 0.25) is 0 Å². The molecular formula is C11H19N3O2. The number of aliphatic carboxylic acids is 1. The van der Waals surface area contributed by atoms with Crippen LogP contribution < -0.4 is 5.32 Å². The van der Waals surface area contributed by atoms with Gasteiger partial charge in [0.05, 0.1) is 5.69 Å². The smallest absolute Gasteiger partial charge is 0.303 e. The molecule has 90 valence electrons. The number of nitrogens with one attached hydrogen (secondary N) is 1. The minimum atomic E-state index is -0.714. The molecule has 0 saturated heterocycles. The third-order valence-electron chi connectivity index (χ3n) is 2.32. The maximum atomic E-state index is 10.2. The molecule has 0 atom stereocenters. The first kappa shape index (κ1) is 12.7. The van der Waals surface area contributed by atoms with Gasteiger partial charge in [-0.25, -0.2) is 0 Å². The van der Waals surface area contributed by atoms with Crippen molar-refractivity contribution in [1.82, 2.24) is 15.1 Å². The van der Waals surface area contributed by atoms with Crippen molar-refractivity contribution in [2.24, 2.45) is 7.05 Å². The van der Waals surface area contributed by atoms with Crippen molar-refractivity contribution in [3.05, 3.63) is 18.0 Å². The molecule has 0 amide bonds. The lowest BCUT2D eigenvalue weighted by atomic mass is 10.2. The van der Waals surface area contributed by atoms with Crippen molar-refractivity contribution in [3.63, 3.8) is 0 Å². The van der Waals surface area contributed by atoms with E-state index in [1.807, 2.05) is 19.3 Å². The maximum absolute atomic E-state index is 10.2. The van der Waals surface area contributed by atoms with Gasteiger partial charge in [-0.05, 0) is 25.5 Å². The standard InChI is InChI=1S/C11H19N3O2/c1-14-9-6-10(13-14)5-8-12-7-3-2-4-11(15)16/h6,9,12H,2-5,7-8H2,1H3,(H,15,16). The highest BCUT2D eigenvalue weighted by Gasteiger charge is 1.97. The first-order valence-corrected chi connectivity index (χ1v) is 5.59. The average Bonchev–Trinajstić information content (AvgIpc) is 2.62. The zero-order valence-electron chi connectivity index (χ0n) is 9.65. The highest BCUT2D eigenvalue weighted by molar-refractivity contribution is 5.66. The van der Waals surface area contributed by atoms with Crippen molar-refractivity contribution >= 4 is 5.97 Å². The van der Waals surface area contributed by atoms with Crippen molar-refractivity contribution < 1.29 is 9.90 Å². The number of carboxylic acid groups (broad SMARTS) is 1. The largest absolute Gasteiger partial charge is 0.481 e. The van der Waals surface area contributed by atoms with Crippen molar-refractivity contribution in [1.29, 1.82) is 0 Å². The molecular weight excluding hydrogens is 206 g/mol. The van der Waals surface area contributed by atoms with Crippen LogP contribution in [0.3, 0.4) is 0 Å². The highest BCUT2D eigenvalue weighted by Crippen LogP contribution is 1.95. The number of aromatic nitrogens is 2. The number of rotatable bonds is 8. The van der Waals surface area contributed by atoms with Gasteiger partial charge in [0, 0.05) is 32.6 Å². The number of hydrogen-bond donors (Lipinski definition) is 2. The molecule has 0 aliphatic rings. The van der Waals surface area contributed by atoms with Crippen LogP contribution in [0.15, 0.2) is 12.3 Å². The maximum Gasteiger partial charge on any atom is 0.303 e. The zero-order valence-corrected chi connectivity index (χ0v) is 9.65. The van der Waals surface area contributed by atoms with Gasteiger partial charge in [0.25, 0.3) is 0 Å². The molecule has 1 heterocycles. The van der Waals surface area contributed by atoms with Gasteiger partial charge in [-0.1, -0.05) is 0 Å². The lowest BCUT2D eigenvalue weighted by Gasteiger charge is -2.02. The van der Waals surface area contributed by atoms with Crippen LogP contribution in [0, 0.1) is 0 Å². The highest BCUT2D eigenvalue weighted by atomic mass is 16.4. The number of unbranched alkanes of at least 4 members (excludes halogenated alkanes) is 1. The average molecular weight is 225 g/mol. The molecule has 0 aliphatic carbocycles. The second kappa shape index (κ2) is 7.00. The monoisotopic (exact) mass is 225 g/mol. The predicted octanol–water partition coefficient (Wildman–Crippen LogP) is 0.807. The fourth-order valence-electron chi connectivity index (χ4n) is 1.46. The van der Waals surface area contributed by atoms with Gasteiger partial charge < -0.3 is 10.4 Å². The van der Waals surface area contributed by atoms with Crippen molar-refractivity contribution in [3.8, 4) is 0 Å². The molecule has 2 N–H and O–H groups in total. The molecule has 1 rings (SSSR count). The molecule has 0 spiro atoms. The minimum Gasteiger partial charge on any atom is -0.481 e. The normalized spacial score (nSPS) is 10.6. The van der Waals surface area contributed by atoms with Gasteiger partial charge in [-0.2, -0.15) is 5.10 Å². The number of nitrogens with zero attached hydrogens (tertiary/aromatic N) is 2. The molecule has 1 aromatic heterocycles. The zero-order chi connectivity index (χ0) is 11.8. The summed E-state index contributed by atoms with van der Waals surface area (Å²) < 4.78 is 1.79. The molecule has 0 aromatic carbocycles. The molecule has 0 unspecified atom stereocenters. The minimum absolute atomic E-state index is 0.266. The van der Waals surface area contributed by atoms with E-state index in [9.17, 15) is 4.79 Å². The van der Waals surface area contributed by atoms with Crippen molar-refractivity contribution in [2.45, 2.75) is 25.7 Å². The lowest BCUT2D eigenvalue weighted by Crippen LogP contribution is -2.18. The Morgan fingerprint density at radius 2 is 2.31 bits per heavy atom. The van der Waals surface area contributed by atoms with Gasteiger partial charge in [-0.3, -0.25) is 9.48 Å². The Hall–Kier alpha value is -1.36. The summed E-state index contributed by atoms with van der Waals surface area (Å²) in [6.45, 7) is 1.77. The van der Waals surface area contributed by atoms with Gasteiger partial charge in [0.1, 0.15) is 0 Å². The Labute approximate surface area is 95.5 Å². The molecule has 16 heavy (non-hydrogen) atoms. The predicted molar refractivity (Wildman–Crippen MR) is 61.3 cm³/mol. The molecule has 0 radical (unpaired) electrons. The summed E-state index contributed by atoms with van der Waals surface area (Å²) in [4.78, 5) is 10.2. The second-order valence-electron chi connectivity index (χ2n) is 3.83. The van der Waals surface area contributed by atoms with E-state index in [2.05, 4.69) is 10.4 Å². The molecule has 0 bridgehead atoms. The van der Waals surface area contributed by atoms with Crippen LogP contribution in [0.4, 0.5) is 0 Å². The first-order valence-electron chi connectivity index (χ1n) is 5.59. The summed E-state index contributed by atoms with van der Waals surface area (Å²) in [5.41, 5.74) is 1.08. The van der Waals surface area contributed by atoms with E-state index in [4.69, 9.17) is 5.11 Å². The number of hydrogen-bond acceptors (Lipinski definition) is 3. The van der Waals surface area contributed by atoms with E-state index in [1.165, 1.54) is 0 Å².